The normalized spacial score (nSPS) is 10.9. The summed E-state index contributed by atoms with van der Waals surface area (Å²) in [6, 6.07) is 19.2. The molecule has 0 radical (unpaired) electrons. The Bertz CT molecular complexity index is 1400. The highest BCUT2D eigenvalue weighted by Crippen LogP contribution is 2.27. The maximum atomic E-state index is 4.58. The van der Waals surface area contributed by atoms with Gasteiger partial charge in [-0.05, 0) is 53.6 Å². The van der Waals surface area contributed by atoms with Crippen molar-refractivity contribution >= 4 is 16.6 Å². The van der Waals surface area contributed by atoms with Crippen molar-refractivity contribution in [3.8, 4) is 22.5 Å². The molecule has 3 aromatic heterocycles. The van der Waals surface area contributed by atoms with E-state index in [0.29, 0.717) is 6.54 Å². The van der Waals surface area contributed by atoms with E-state index in [1.807, 2.05) is 24.5 Å². The minimum absolute atomic E-state index is 0.687. The van der Waals surface area contributed by atoms with Crippen molar-refractivity contribution in [2.75, 3.05) is 5.32 Å². The molecule has 0 amide bonds. The zero-order chi connectivity index (χ0) is 21.9. The van der Waals surface area contributed by atoms with E-state index >= 15 is 0 Å². The molecule has 0 aliphatic heterocycles. The Balaban J connectivity index is 1.38. The average molecular weight is 418 g/mol. The van der Waals surface area contributed by atoms with Gasteiger partial charge in [0, 0.05) is 36.7 Å². The number of aromatic nitrogens is 4. The van der Waals surface area contributed by atoms with Crippen LogP contribution in [0.5, 0.6) is 0 Å². The van der Waals surface area contributed by atoms with Crippen LogP contribution in [-0.2, 0) is 6.54 Å². The molecule has 3 heterocycles. The molecule has 0 saturated carbocycles. The number of pyridine rings is 2. The van der Waals surface area contributed by atoms with E-state index in [9.17, 15) is 0 Å². The van der Waals surface area contributed by atoms with Gasteiger partial charge in [0.15, 0.2) is 0 Å². The van der Waals surface area contributed by atoms with Crippen molar-refractivity contribution in [1.29, 1.82) is 0 Å². The van der Waals surface area contributed by atoms with Gasteiger partial charge in [-0.15, -0.1) is 0 Å². The molecule has 0 aliphatic rings. The van der Waals surface area contributed by atoms with Crippen LogP contribution in [0.25, 0.3) is 33.3 Å². The first-order valence-corrected chi connectivity index (χ1v) is 10.6. The summed E-state index contributed by atoms with van der Waals surface area (Å²) in [6.45, 7) is 4.97. The Hall–Kier alpha value is -4.12. The quantitative estimate of drug-likeness (QED) is 0.381. The summed E-state index contributed by atoms with van der Waals surface area (Å²) >= 11 is 0. The van der Waals surface area contributed by atoms with E-state index in [1.54, 1.807) is 18.6 Å². The molecular formula is C27H23N5. The second kappa shape index (κ2) is 8.55. The van der Waals surface area contributed by atoms with E-state index in [0.717, 1.165) is 28.0 Å². The molecule has 5 nitrogen and oxygen atoms in total. The van der Waals surface area contributed by atoms with Gasteiger partial charge < -0.3 is 5.32 Å². The number of fused-ring (bicyclic) bond motifs is 1. The van der Waals surface area contributed by atoms with Crippen molar-refractivity contribution in [3.05, 3.63) is 102 Å². The maximum absolute atomic E-state index is 4.58. The van der Waals surface area contributed by atoms with E-state index in [-0.39, 0.29) is 0 Å². The molecule has 0 saturated heterocycles. The van der Waals surface area contributed by atoms with E-state index < -0.39 is 0 Å². The molecule has 0 bridgehead atoms. The highest BCUT2D eigenvalue weighted by molar-refractivity contribution is 5.92. The lowest BCUT2D eigenvalue weighted by Gasteiger charge is -2.12. The van der Waals surface area contributed by atoms with E-state index in [1.165, 1.54) is 27.8 Å². The molecule has 0 atom stereocenters. The minimum atomic E-state index is 0.687. The molecule has 0 aliphatic carbocycles. The lowest BCUT2D eigenvalue weighted by atomic mass is 9.97. The van der Waals surface area contributed by atoms with Gasteiger partial charge in [-0.2, -0.15) is 0 Å². The zero-order valence-corrected chi connectivity index (χ0v) is 18.1. The van der Waals surface area contributed by atoms with Crippen molar-refractivity contribution in [3.63, 3.8) is 0 Å². The van der Waals surface area contributed by atoms with Gasteiger partial charge in [0.1, 0.15) is 11.5 Å². The predicted octanol–water partition coefficient (Wildman–Crippen LogP) is 5.98. The number of anilines is 1. The molecule has 2 aromatic carbocycles. The fourth-order valence-corrected chi connectivity index (χ4v) is 3.94. The van der Waals surface area contributed by atoms with Crippen molar-refractivity contribution in [2.45, 2.75) is 20.4 Å². The standard InChI is InChI=1S/C27H23N5/c1-18-4-3-5-21(12-18)23-7-6-20(13-19(23)2)15-32-27-24-16-31-25(14-22(24)8-9-30-27)26-17-28-10-11-29-26/h3-14,16-17H,15H2,1-2H3,(H,30,32). The fraction of sp³-hybridized carbons (Fsp3) is 0.111. The third-order valence-corrected chi connectivity index (χ3v) is 5.55. The third-order valence-electron chi connectivity index (χ3n) is 5.55. The van der Waals surface area contributed by atoms with Crippen LogP contribution < -0.4 is 5.32 Å². The molecule has 5 rings (SSSR count). The lowest BCUT2D eigenvalue weighted by Crippen LogP contribution is -2.03. The van der Waals surface area contributed by atoms with Gasteiger partial charge in [-0.1, -0.05) is 48.0 Å². The van der Waals surface area contributed by atoms with Crippen LogP contribution in [0.3, 0.4) is 0 Å². The molecule has 5 heteroatoms. The Morgan fingerprint density at radius 2 is 1.72 bits per heavy atom. The van der Waals surface area contributed by atoms with Crippen molar-refractivity contribution in [2.24, 2.45) is 0 Å². The summed E-state index contributed by atoms with van der Waals surface area (Å²) < 4.78 is 0. The summed E-state index contributed by atoms with van der Waals surface area (Å²) in [5.41, 5.74) is 7.81. The van der Waals surface area contributed by atoms with Crippen LogP contribution in [0.2, 0.25) is 0 Å². The van der Waals surface area contributed by atoms with Gasteiger partial charge in [-0.3, -0.25) is 15.0 Å². The summed E-state index contributed by atoms with van der Waals surface area (Å²) in [4.78, 5) is 17.6. The molecule has 0 fully saturated rings. The Morgan fingerprint density at radius 1 is 0.781 bits per heavy atom. The monoisotopic (exact) mass is 417 g/mol. The van der Waals surface area contributed by atoms with Crippen LogP contribution in [0.1, 0.15) is 16.7 Å². The van der Waals surface area contributed by atoms with Gasteiger partial charge in [0.05, 0.1) is 11.9 Å². The Labute approximate surface area is 187 Å². The van der Waals surface area contributed by atoms with Crippen molar-refractivity contribution < 1.29 is 0 Å². The number of hydrogen-bond acceptors (Lipinski definition) is 5. The van der Waals surface area contributed by atoms with Crippen LogP contribution in [0.4, 0.5) is 5.82 Å². The fourth-order valence-electron chi connectivity index (χ4n) is 3.94. The SMILES string of the molecule is Cc1cccc(-c2ccc(CNc3nccc4cc(-c5cnccn5)ncc34)cc2C)c1. The molecular weight excluding hydrogens is 394 g/mol. The van der Waals surface area contributed by atoms with Crippen LogP contribution in [-0.4, -0.2) is 19.9 Å². The molecule has 5 aromatic rings. The zero-order valence-electron chi connectivity index (χ0n) is 18.1. The topological polar surface area (TPSA) is 63.6 Å². The Kier molecular flexibility index (Phi) is 5.30. The number of rotatable bonds is 5. The van der Waals surface area contributed by atoms with E-state index in [4.69, 9.17) is 0 Å². The highest BCUT2D eigenvalue weighted by atomic mass is 15.0. The second-order valence-electron chi connectivity index (χ2n) is 7.91. The summed E-state index contributed by atoms with van der Waals surface area (Å²) in [5.74, 6) is 0.820. The molecule has 1 N–H and O–H groups in total. The lowest BCUT2D eigenvalue weighted by molar-refractivity contribution is 1.11. The summed E-state index contributed by atoms with van der Waals surface area (Å²) in [7, 11) is 0. The van der Waals surface area contributed by atoms with Gasteiger partial charge in [-0.25, -0.2) is 4.98 Å². The van der Waals surface area contributed by atoms with E-state index in [2.05, 4.69) is 81.6 Å². The first kappa shape index (κ1) is 19.8. The second-order valence-corrected chi connectivity index (χ2v) is 7.91. The summed E-state index contributed by atoms with van der Waals surface area (Å²) in [6.07, 6.45) is 8.72. The van der Waals surface area contributed by atoms with Crippen LogP contribution in [0.15, 0.2) is 85.6 Å². The number of benzene rings is 2. The van der Waals surface area contributed by atoms with Gasteiger partial charge >= 0.3 is 0 Å². The third kappa shape index (κ3) is 4.05. The maximum Gasteiger partial charge on any atom is 0.135 e. The van der Waals surface area contributed by atoms with Gasteiger partial charge in [0.2, 0.25) is 0 Å². The van der Waals surface area contributed by atoms with Crippen LogP contribution in [0, 0.1) is 13.8 Å². The number of hydrogen-bond donors (Lipinski definition) is 1. The molecule has 156 valence electrons. The molecule has 0 spiro atoms. The predicted molar refractivity (Wildman–Crippen MR) is 129 cm³/mol. The average Bonchev–Trinajstić information content (AvgIpc) is 2.83. The first-order chi connectivity index (χ1) is 15.7. The largest absolute Gasteiger partial charge is 0.365 e. The highest BCUT2D eigenvalue weighted by Gasteiger charge is 2.08. The van der Waals surface area contributed by atoms with Gasteiger partial charge in [0.25, 0.3) is 0 Å². The first-order valence-electron chi connectivity index (χ1n) is 10.6. The smallest absolute Gasteiger partial charge is 0.135 e. The molecule has 32 heavy (non-hydrogen) atoms. The number of nitrogens with zero attached hydrogens (tertiary/aromatic N) is 4. The molecule has 0 unspecified atom stereocenters. The summed E-state index contributed by atoms with van der Waals surface area (Å²) in [5, 5.41) is 5.52. The Morgan fingerprint density at radius 3 is 2.53 bits per heavy atom. The number of nitrogens with one attached hydrogen (secondary N) is 1. The van der Waals surface area contributed by atoms with Crippen molar-refractivity contribution in [1.82, 2.24) is 19.9 Å². The number of aryl methyl sites for hydroxylation is 2. The minimum Gasteiger partial charge on any atom is -0.365 e. The van der Waals surface area contributed by atoms with Crippen LogP contribution >= 0.6 is 0 Å².